The number of nitriles is 1. The third kappa shape index (κ3) is 4.93. The van der Waals surface area contributed by atoms with Crippen molar-refractivity contribution in [3.63, 3.8) is 0 Å². The molecule has 2 saturated heterocycles. The lowest BCUT2D eigenvalue weighted by Crippen LogP contribution is -2.42. The molecule has 3 aromatic rings. The van der Waals surface area contributed by atoms with Gasteiger partial charge in [0.05, 0.1) is 42.2 Å². The number of halogens is 1. The van der Waals surface area contributed by atoms with Crippen molar-refractivity contribution in [3.05, 3.63) is 45.8 Å². The summed E-state index contributed by atoms with van der Waals surface area (Å²) in [6.07, 6.45) is 2.33. The van der Waals surface area contributed by atoms with Crippen LogP contribution >= 0.6 is 15.9 Å². The van der Waals surface area contributed by atoms with Gasteiger partial charge in [0, 0.05) is 42.1 Å². The molecule has 1 atom stereocenters. The summed E-state index contributed by atoms with van der Waals surface area (Å²) in [5.41, 5.74) is 3.20. The van der Waals surface area contributed by atoms with Crippen molar-refractivity contribution in [2.24, 2.45) is 0 Å². The first-order chi connectivity index (χ1) is 17.4. The summed E-state index contributed by atoms with van der Waals surface area (Å²) in [6, 6.07) is 5.78. The van der Waals surface area contributed by atoms with Gasteiger partial charge in [0.1, 0.15) is 29.3 Å². The van der Waals surface area contributed by atoms with Gasteiger partial charge in [-0.2, -0.15) is 5.26 Å². The normalized spacial score (nSPS) is 18.5. The molecule has 11 nitrogen and oxygen atoms in total. The van der Waals surface area contributed by atoms with Crippen molar-refractivity contribution in [1.82, 2.24) is 19.9 Å². The molecule has 0 aromatic carbocycles. The molecule has 2 aliphatic rings. The van der Waals surface area contributed by atoms with Crippen molar-refractivity contribution in [2.75, 3.05) is 43.5 Å². The molecule has 5 rings (SSSR count). The molecule has 12 heteroatoms. The molecule has 1 unspecified atom stereocenters. The third-order valence-corrected chi connectivity index (χ3v) is 6.58. The van der Waals surface area contributed by atoms with E-state index in [0.717, 1.165) is 16.5 Å². The number of carbonyl (C=O) groups is 1. The Labute approximate surface area is 216 Å². The van der Waals surface area contributed by atoms with E-state index >= 15 is 0 Å². The van der Waals surface area contributed by atoms with E-state index in [0.29, 0.717) is 60.2 Å². The number of aromatic nitrogens is 3. The van der Waals surface area contributed by atoms with Crippen LogP contribution in [-0.2, 0) is 14.2 Å². The van der Waals surface area contributed by atoms with E-state index in [4.69, 9.17) is 19.2 Å². The fourth-order valence-corrected chi connectivity index (χ4v) is 4.67. The van der Waals surface area contributed by atoms with Crippen LogP contribution in [-0.4, -0.2) is 59.6 Å². The molecule has 2 fully saturated rings. The van der Waals surface area contributed by atoms with Crippen LogP contribution in [0.2, 0.25) is 0 Å². The van der Waals surface area contributed by atoms with Crippen molar-refractivity contribution < 1.29 is 19.0 Å². The Bertz CT molecular complexity index is 1320. The fraction of sp³-hybridized carbons (Fsp3) is 0.417. The number of carbonyl (C=O) groups excluding carboxylic acids is 1. The van der Waals surface area contributed by atoms with Crippen LogP contribution in [0, 0.1) is 11.3 Å². The lowest BCUT2D eigenvalue weighted by atomic mass is 10.2. The first-order valence-electron chi connectivity index (χ1n) is 11.7. The zero-order valence-corrected chi connectivity index (χ0v) is 21.5. The Morgan fingerprint density at radius 2 is 2.08 bits per heavy atom. The second-order valence-electron chi connectivity index (χ2n) is 8.73. The smallest absolute Gasteiger partial charge is 0.260 e. The second-order valence-corrected chi connectivity index (χ2v) is 9.58. The fourth-order valence-electron chi connectivity index (χ4n) is 4.18. The first kappa shape index (κ1) is 24.6. The summed E-state index contributed by atoms with van der Waals surface area (Å²) in [7, 11) is 0. The summed E-state index contributed by atoms with van der Waals surface area (Å²) in [4.78, 5) is 22.5. The Morgan fingerprint density at radius 1 is 1.28 bits per heavy atom. The van der Waals surface area contributed by atoms with Crippen molar-refractivity contribution in [1.29, 1.82) is 5.26 Å². The summed E-state index contributed by atoms with van der Waals surface area (Å²) in [6.45, 7) is 6.98. The number of rotatable bonds is 6. The number of anilines is 2. The molecule has 0 spiro atoms. The van der Waals surface area contributed by atoms with Gasteiger partial charge < -0.3 is 34.7 Å². The molecule has 3 N–H and O–H groups in total. The number of hydrogen-bond acceptors (Lipinski definition) is 9. The number of amides is 1. The molecule has 1 amide bonds. The van der Waals surface area contributed by atoms with Gasteiger partial charge in [0.2, 0.25) is 6.29 Å². The van der Waals surface area contributed by atoms with Crippen LogP contribution in [0.5, 0.6) is 0 Å². The van der Waals surface area contributed by atoms with Crippen molar-refractivity contribution in [3.8, 4) is 6.07 Å². The summed E-state index contributed by atoms with van der Waals surface area (Å²) in [5, 5.41) is 18.8. The van der Waals surface area contributed by atoms with Crippen molar-refractivity contribution >= 4 is 44.4 Å². The Morgan fingerprint density at radius 3 is 2.78 bits per heavy atom. The minimum absolute atomic E-state index is 0.0977. The number of pyridine rings is 2. The van der Waals surface area contributed by atoms with E-state index in [1.165, 1.54) is 6.20 Å². The lowest BCUT2D eigenvalue weighted by Gasteiger charge is -2.25. The monoisotopic (exact) mass is 555 g/mol. The molecule has 36 heavy (non-hydrogen) atoms. The molecule has 5 heterocycles. The Balaban J connectivity index is 1.47. The van der Waals surface area contributed by atoms with Crippen LogP contribution < -0.4 is 16.0 Å². The number of fused-ring (bicyclic) bond motifs is 1. The molecular weight excluding hydrogens is 530 g/mol. The van der Waals surface area contributed by atoms with Crippen LogP contribution in [0.4, 0.5) is 11.5 Å². The number of nitrogens with one attached hydrogen (secondary N) is 3. The van der Waals surface area contributed by atoms with Gasteiger partial charge in [-0.05, 0) is 35.8 Å². The second kappa shape index (κ2) is 10.5. The predicted octanol–water partition coefficient (Wildman–Crippen LogP) is 3.30. The number of morpholine rings is 1. The minimum atomic E-state index is -0.590. The summed E-state index contributed by atoms with van der Waals surface area (Å²) >= 11 is 3.58. The highest BCUT2D eigenvalue weighted by Crippen LogP contribution is 2.34. The first-order valence-corrected chi connectivity index (χ1v) is 12.5. The maximum Gasteiger partial charge on any atom is 0.260 e. The standard InChI is InChI=1S/C24H26BrN7O4/c1-13(2)32-12-15(21-18(32)7-16(25)22(31-21)24-35-5-6-36-24)23(33)30-19-8-17(14(9-26)10-28-19)29-20-11-27-3-4-34-20/h7-8,10,12-13,20,24,27H,3-6,11H2,1-2H3,(H2,28,29,30,33). The zero-order valence-electron chi connectivity index (χ0n) is 19.9. The van der Waals surface area contributed by atoms with Gasteiger partial charge in [-0.1, -0.05) is 0 Å². The predicted molar refractivity (Wildman–Crippen MR) is 136 cm³/mol. The van der Waals surface area contributed by atoms with Crippen LogP contribution in [0.3, 0.4) is 0 Å². The molecule has 0 saturated carbocycles. The largest absolute Gasteiger partial charge is 0.358 e. The van der Waals surface area contributed by atoms with Gasteiger partial charge in [-0.25, -0.2) is 9.97 Å². The average molecular weight is 556 g/mol. The minimum Gasteiger partial charge on any atom is -0.358 e. The SMILES string of the molecule is CC(C)n1cc(C(=O)Nc2cc(NC3CNCCO3)c(C#N)cn2)c2nc(C3OCCO3)c(Br)cc21. The highest BCUT2D eigenvalue weighted by Gasteiger charge is 2.26. The summed E-state index contributed by atoms with van der Waals surface area (Å²) < 4.78 is 19.7. The van der Waals surface area contributed by atoms with Crippen molar-refractivity contribution in [2.45, 2.75) is 32.4 Å². The zero-order chi connectivity index (χ0) is 25.2. The van der Waals surface area contributed by atoms with Gasteiger partial charge >= 0.3 is 0 Å². The highest BCUT2D eigenvalue weighted by atomic mass is 79.9. The van der Waals surface area contributed by atoms with Gasteiger partial charge in [-0.15, -0.1) is 0 Å². The molecule has 3 aromatic heterocycles. The van der Waals surface area contributed by atoms with Crippen LogP contribution in [0.25, 0.3) is 11.0 Å². The highest BCUT2D eigenvalue weighted by molar-refractivity contribution is 9.10. The van der Waals surface area contributed by atoms with Gasteiger partial charge in [0.15, 0.2) is 0 Å². The van der Waals surface area contributed by atoms with Crippen LogP contribution in [0.1, 0.15) is 47.8 Å². The topological polar surface area (TPSA) is 135 Å². The molecular formula is C24H26BrN7O4. The summed E-state index contributed by atoms with van der Waals surface area (Å²) in [5.74, 6) is -0.0670. The van der Waals surface area contributed by atoms with E-state index in [1.54, 1.807) is 12.3 Å². The lowest BCUT2D eigenvalue weighted by molar-refractivity contribution is -0.0476. The van der Waals surface area contributed by atoms with E-state index < -0.39 is 6.29 Å². The third-order valence-electron chi connectivity index (χ3n) is 5.94. The maximum atomic E-state index is 13.4. The van der Waals surface area contributed by atoms with E-state index in [1.807, 2.05) is 24.5 Å². The van der Waals surface area contributed by atoms with Crippen LogP contribution in [0.15, 0.2) is 29.0 Å². The molecule has 188 valence electrons. The number of ether oxygens (including phenoxy) is 3. The molecule has 0 bridgehead atoms. The maximum absolute atomic E-state index is 13.4. The van der Waals surface area contributed by atoms with Gasteiger partial charge in [0.25, 0.3) is 5.91 Å². The van der Waals surface area contributed by atoms with E-state index in [-0.39, 0.29) is 18.2 Å². The quantitative estimate of drug-likeness (QED) is 0.418. The number of nitrogens with zero attached hydrogens (tertiary/aromatic N) is 4. The van der Waals surface area contributed by atoms with E-state index in [2.05, 4.69) is 42.9 Å². The Kier molecular flexibility index (Phi) is 7.17. The molecule has 2 aliphatic heterocycles. The number of hydrogen-bond donors (Lipinski definition) is 3. The average Bonchev–Trinajstić information content (AvgIpc) is 3.52. The Hall–Kier alpha value is -3.08. The molecule has 0 radical (unpaired) electrons. The molecule has 0 aliphatic carbocycles. The van der Waals surface area contributed by atoms with Gasteiger partial charge in [-0.3, -0.25) is 4.79 Å². The van der Waals surface area contributed by atoms with E-state index in [9.17, 15) is 10.1 Å².